The van der Waals surface area contributed by atoms with Gasteiger partial charge in [-0.15, -0.1) is 6.58 Å². The molecule has 0 amide bonds. The van der Waals surface area contributed by atoms with Gasteiger partial charge in [0.2, 0.25) is 0 Å². The second-order valence-electron chi connectivity index (χ2n) is 5.21. The summed E-state index contributed by atoms with van der Waals surface area (Å²) in [4.78, 5) is 12.6. The molecular formula is C18H16O2. The molecule has 2 nitrogen and oxygen atoms in total. The minimum atomic E-state index is -1.42. The van der Waals surface area contributed by atoms with Crippen LogP contribution in [-0.2, 0) is 6.42 Å². The Balaban J connectivity index is 2.06. The number of carbonyl (C=O) groups is 1. The van der Waals surface area contributed by atoms with Gasteiger partial charge >= 0.3 is 0 Å². The van der Waals surface area contributed by atoms with Gasteiger partial charge in [-0.25, -0.2) is 0 Å². The predicted octanol–water partition coefficient (Wildman–Crippen LogP) is 3.13. The average molecular weight is 264 g/mol. The maximum absolute atomic E-state index is 12.6. The minimum Gasteiger partial charge on any atom is -0.380 e. The van der Waals surface area contributed by atoms with Gasteiger partial charge in [0.1, 0.15) is 5.60 Å². The second kappa shape index (κ2) is 4.73. The maximum Gasteiger partial charge on any atom is 0.195 e. The standard InChI is InChI=1S/C18H16O2/c1-2-16(13-8-4-3-5-9-13)18(20)12-14-10-6-7-11-15(14)17(18)19/h2-11,16,20H,1,12H2. The van der Waals surface area contributed by atoms with Gasteiger partial charge in [-0.1, -0.05) is 60.7 Å². The zero-order valence-corrected chi connectivity index (χ0v) is 11.1. The number of fused-ring (bicyclic) bond motifs is 1. The van der Waals surface area contributed by atoms with Crippen LogP contribution in [0.1, 0.15) is 27.4 Å². The summed E-state index contributed by atoms with van der Waals surface area (Å²) in [5.74, 6) is -0.606. The van der Waals surface area contributed by atoms with E-state index < -0.39 is 11.5 Å². The summed E-state index contributed by atoms with van der Waals surface area (Å²) in [5, 5.41) is 11.0. The summed E-state index contributed by atoms with van der Waals surface area (Å²) in [6.45, 7) is 3.81. The zero-order chi connectivity index (χ0) is 14.2. The highest BCUT2D eigenvalue weighted by atomic mass is 16.3. The van der Waals surface area contributed by atoms with Crippen LogP contribution in [0.2, 0.25) is 0 Å². The first-order valence-corrected chi connectivity index (χ1v) is 6.69. The molecule has 0 aromatic heterocycles. The topological polar surface area (TPSA) is 37.3 Å². The van der Waals surface area contributed by atoms with E-state index in [-0.39, 0.29) is 5.78 Å². The van der Waals surface area contributed by atoms with Crippen molar-refractivity contribution in [1.82, 2.24) is 0 Å². The Morgan fingerprint density at radius 1 is 1.10 bits per heavy atom. The summed E-state index contributed by atoms with van der Waals surface area (Å²) in [6, 6.07) is 17.0. The first-order valence-electron chi connectivity index (χ1n) is 6.69. The minimum absolute atomic E-state index is 0.207. The van der Waals surface area contributed by atoms with Crippen molar-refractivity contribution in [1.29, 1.82) is 0 Å². The van der Waals surface area contributed by atoms with Crippen LogP contribution in [0.3, 0.4) is 0 Å². The number of hydrogen-bond acceptors (Lipinski definition) is 2. The van der Waals surface area contributed by atoms with E-state index >= 15 is 0 Å². The highest BCUT2D eigenvalue weighted by molar-refractivity contribution is 6.07. The molecule has 20 heavy (non-hydrogen) atoms. The van der Waals surface area contributed by atoms with Crippen LogP contribution < -0.4 is 0 Å². The van der Waals surface area contributed by atoms with Gasteiger partial charge in [-0.05, 0) is 11.1 Å². The van der Waals surface area contributed by atoms with E-state index in [0.717, 1.165) is 11.1 Å². The molecule has 2 heteroatoms. The summed E-state index contributed by atoms with van der Waals surface area (Å²) in [7, 11) is 0. The van der Waals surface area contributed by atoms with Gasteiger partial charge in [0.15, 0.2) is 5.78 Å². The number of carbonyl (C=O) groups excluding carboxylic acids is 1. The average Bonchev–Trinajstić information content (AvgIpc) is 2.74. The maximum atomic E-state index is 12.6. The lowest BCUT2D eigenvalue weighted by Gasteiger charge is -2.29. The molecule has 0 heterocycles. The first kappa shape index (κ1) is 12.8. The Labute approximate surface area is 118 Å². The molecule has 0 saturated carbocycles. The molecule has 0 spiro atoms. The van der Waals surface area contributed by atoms with Gasteiger partial charge in [0.25, 0.3) is 0 Å². The van der Waals surface area contributed by atoms with E-state index in [9.17, 15) is 9.90 Å². The molecule has 0 aliphatic heterocycles. The second-order valence-corrected chi connectivity index (χ2v) is 5.21. The van der Waals surface area contributed by atoms with E-state index in [1.165, 1.54) is 0 Å². The van der Waals surface area contributed by atoms with Crippen LogP contribution >= 0.6 is 0 Å². The molecule has 0 radical (unpaired) electrons. The fraction of sp³-hybridized carbons (Fsp3) is 0.167. The van der Waals surface area contributed by atoms with Gasteiger partial charge < -0.3 is 5.11 Å². The normalized spacial score (nSPS) is 22.4. The number of hydrogen-bond donors (Lipinski definition) is 1. The molecule has 0 saturated heterocycles. The van der Waals surface area contributed by atoms with Crippen LogP contribution in [0, 0.1) is 0 Å². The summed E-state index contributed by atoms with van der Waals surface area (Å²) in [5.41, 5.74) is 1.01. The van der Waals surface area contributed by atoms with Crippen LogP contribution in [0.25, 0.3) is 0 Å². The molecule has 1 aliphatic carbocycles. The third kappa shape index (κ3) is 1.81. The van der Waals surface area contributed by atoms with Crippen molar-refractivity contribution in [3.63, 3.8) is 0 Å². The lowest BCUT2D eigenvalue weighted by Crippen LogP contribution is -2.41. The van der Waals surface area contributed by atoms with Crippen LogP contribution in [0.4, 0.5) is 0 Å². The third-order valence-electron chi connectivity index (χ3n) is 4.02. The molecule has 1 aliphatic rings. The fourth-order valence-electron chi connectivity index (χ4n) is 3.02. The van der Waals surface area contributed by atoms with Crippen molar-refractivity contribution in [2.45, 2.75) is 17.9 Å². The van der Waals surface area contributed by atoms with Crippen molar-refractivity contribution >= 4 is 5.78 Å². The zero-order valence-electron chi connectivity index (χ0n) is 11.1. The molecular weight excluding hydrogens is 248 g/mol. The van der Waals surface area contributed by atoms with E-state index in [0.29, 0.717) is 12.0 Å². The number of benzene rings is 2. The quantitative estimate of drug-likeness (QED) is 0.865. The molecule has 1 N–H and O–H groups in total. The Morgan fingerprint density at radius 2 is 1.75 bits per heavy atom. The van der Waals surface area contributed by atoms with Crippen molar-refractivity contribution in [2.24, 2.45) is 0 Å². The van der Waals surface area contributed by atoms with Crippen molar-refractivity contribution in [3.05, 3.63) is 83.9 Å². The van der Waals surface area contributed by atoms with E-state index in [1.54, 1.807) is 12.1 Å². The summed E-state index contributed by atoms with van der Waals surface area (Å²) >= 11 is 0. The van der Waals surface area contributed by atoms with Crippen molar-refractivity contribution in [3.8, 4) is 0 Å². The van der Waals surface area contributed by atoms with Gasteiger partial charge in [0.05, 0.1) is 0 Å². The smallest absolute Gasteiger partial charge is 0.195 e. The Kier molecular flexibility index (Phi) is 3.03. The van der Waals surface area contributed by atoms with Crippen LogP contribution in [-0.4, -0.2) is 16.5 Å². The van der Waals surface area contributed by atoms with Gasteiger partial charge in [-0.2, -0.15) is 0 Å². The Morgan fingerprint density at radius 3 is 2.40 bits per heavy atom. The van der Waals surface area contributed by atoms with Crippen LogP contribution in [0.15, 0.2) is 67.3 Å². The third-order valence-corrected chi connectivity index (χ3v) is 4.02. The van der Waals surface area contributed by atoms with E-state index in [1.807, 2.05) is 48.5 Å². The number of aliphatic hydroxyl groups is 1. The Hall–Kier alpha value is -2.19. The van der Waals surface area contributed by atoms with Crippen molar-refractivity contribution in [2.75, 3.05) is 0 Å². The van der Waals surface area contributed by atoms with E-state index in [4.69, 9.17) is 0 Å². The highest BCUT2D eigenvalue weighted by Crippen LogP contribution is 2.40. The monoisotopic (exact) mass is 264 g/mol. The summed E-state index contributed by atoms with van der Waals surface area (Å²) < 4.78 is 0. The first-order chi connectivity index (χ1) is 9.66. The van der Waals surface area contributed by atoms with E-state index in [2.05, 4.69) is 6.58 Å². The lowest BCUT2D eigenvalue weighted by molar-refractivity contribution is 0.0300. The number of Topliss-reactive ketones (excluding diaryl/α,β-unsaturated/α-hetero) is 1. The fourth-order valence-corrected chi connectivity index (χ4v) is 3.02. The number of ketones is 1. The molecule has 2 aromatic carbocycles. The molecule has 0 bridgehead atoms. The predicted molar refractivity (Wildman–Crippen MR) is 78.8 cm³/mol. The van der Waals surface area contributed by atoms with Crippen LogP contribution in [0.5, 0.6) is 0 Å². The largest absolute Gasteiger partial charge is 0.380 e. The molecule has 2 atom stereocenters. The van der Waals surface area contributed by atoms with Crippen molar-refractivity contribution < 1.29 is 9.90 Å². The number of rotatable bonds is 3. The molecule has 100 valence electrons. The molecule has 2 aromatic rings. The highest BCUT2D eigenvalue weighted by Gasteiger charge is 2.48. The van der Waals surface area contributed by atoms with Gasteiger partial charge in [0, 0.05) is 17.9 Å². The molecule has 3 rings (SSSR count). The summed E-state index contributed by atoms with van der Waals surface area (Å²) in [6.07, 6.45) is 2.01. The molecule has 2 unspecified atom stereocenters. The lowest BCUT2D eigenvalue weighted by atomic mass is 9.79. The van der Waals surface area contributed by atoms with Gasteiger partial charge in [-0.3, -0.25) is 4.79 Å². The Bertz CT molecular complexity index is 660. The SMILES string of the molecule is C=CC(c1ccccc1)C1(O)Cc2ccccc2C1=O. The molecule has 0 fully saturated rings.